The molecule has 2 nitrogen and oxygen atoms in total. The molecule has 0 spiro atoms. The van der Waals surface area contributed by atoms with Crippen molar-refractivity contribution < 1.29 is 5.43 Å². The summed E-state index contributed by atoms with van der Waals surface area (Å²) in [5.74, 6) is 0. The normalized spacial score (nSPS) is 21.8. The van der Waals surface area contributed by atoms with Crippen LogP contribution in [0.2, 0.25) is 13.6 Å². The maximum atomic E-state index is 2.40. The molecule has 2 N–H and O–H groups in total. The fourth-order valence-corrected chi connectivity index (χ4v) is 1.09. The molecule has 1 fully saturated rings. The van der Waals surface area contributed by atoms with Crippen LogP contribution in [0.15, 0.2) is 0 Å². The van der Waals surface area contributed by atoms with Gasteiger partial charge in [0, 0.05) is 13.0 Å². The average Bonchev–Trinajstić information content (AvgIpc) is 2.12. The predicted octanol–water partition coefficient (Wildman–Crippen LogP) is -0.578. The molecule has 0 radical (unpaired) electrons. The summed E-state index contributed by atoms with van der Waals surface area (Å²) in [5, 5.41) is 0. The van der Waals surface area contributed by atoms with Gasteiger partial charge in [-0.15, -0.1) is 0 Å². The SMILES string of the molecule is CB(C)N1CCC[NH2+]1. The molecule has 1 saturated heterocycles. The van der Waals surface area contributed by atoms with Gasteiger partial charge in [0.25, 0.3) is 6.85 Å². The molecular formula is C5H14BN2+. The molecule has 46 valence electrons. The molecule has 0 amide bonds. The van der Waals surface area contributed by atoms with Gasteiger partial charge in [-0.2, -0.15) is 0 Å². The summed E-state index contributed by atoms with van der Waals surface area (Å²) in [7, 11) is 0. The third-order valence-corrected chi connectivity index (χ3v) is 1.65. The Labute approximate surface area is 51.3 Å². The Balaban J connectivity index is 2.24. The first kappa shape index (κ1) is 6.11. The highest BCUT2D eigenvalue weighted by atomic mass is 15.5. The molecule has 0 saturated carbocycles. The Kier molecular flexibility index (Phi) is 1.92. The smallest absolute Gasteiger partial charge is 0.278 e. The van der Waals surface area contributed by atoms with Crippen molar-refractivity contribution in [2.45, 2.75) is 20.1 Å². The molecule has 0 bridgehead atoms. The molecule has 1 heterocycles. The highest BCUT2D eigenvalue weighted by molar-refractivity contribution is 6.51. The monoisotopic (exact) mass is 113 g/mol. The lowest BCUT2D eigenvalue weighted by molar-refractivity contribution is -0.759. The molecule has 8 heavy (non-hydrogen) atoms. The van der Waals surface area contributed by atoms with Crippen LogP contribution >= 0.6 is 0 Å². The van der Waals surface area contributed by atoms with Crippen LogP contribution in [0.4, 0.5) is 0 Å². The average molecular weight is 113 g/mol. The minimum atomic E-state index is 0.720. The first-order valence-corrected chi connectivity index (χ1v) is 3.40. The van der Waals surface area contributed by atoms with Gasteiger partial charge in [-0.25, -0.2) is 4.92 Å². The van der Waals surface area contributed by atoms with Crippen LogP contribution < -0.4 is 5.43 Å². The van der Waals surface area contributed by atoms with Gasteiger partial charge < -0.3 is 0 Å². The first-order chi connectivity index (χ1) is 3.80. The van der Waals surface area contributed by atoms with Crippen molar-refractivity contribution in [2.24, 2.45) is 0 Å². The minimum Gasteiger partial charge on any atom is -0.278 e. The Morgan fingerprint density at radius 2 is 2.25 bits per heavy atom. The number of rotatable bonds is 1. The van der Waals surface area contributed by atoms with Crippen molar-refractivity contribution in [3.63, 3.8) is 0 Å². The second kappa shape index (κ2) is 2.51. The topological polar surface area (TPSA) is 19.9 Å². The zero-order chi connectivity index (χ0) is 5.98. The van der Waals surface area contributed by atoms with Crippen molar-refractivity contribution in [3.05, 3.63) is 0 Å². The molecule has 1 rings (SSSR count). The van der Waals surface area contributed by atoms with E-state index in [1.807, 2.05) is 0 Å². The molecule has 1 aliphatic heterocycles. The molecule has 0 unspecified atom stereocenters. The highest BCUT2D eigenvalue weighted by Crippen LogP contribution is 1.90. The first-order valence-electron chi connectivity index (χ1n) is 3.40. The molecule has 3 heteroatoms. The Bertz CT molecular complexity index is 68.8. The van der Waals surface area contributed by atoms with Crippen molar-refractivity contribution in [2.75, 3.05) is 13.1 Å². The number of nitrogens with zero attached hydrogens (tertiary/aromatic N) is 1. The quantitative estimate of drug-likeness (QED) is 0.356. The minimum absolute atomic E-state index is 0.720. The van der Waals surface area contributed by atoms with E-state index in [9.17, 15) is 0 Å². The summed E-state index contributed by atoms with van der Waals surface area (Å²) in [6, 6.07) is 0. The summed E-state index contributed by atoms with van der Waals surface area (Å²) in [6.07, 6.45) is 1.36. The molecule has 0 aromatic rings. The Morgan fingerprint density at radius 3 is 2.50 bits per heavy atom. The number of hydrogen-bond donors (Lipinski definition) is 1. The van der Waals surface area contributed by atoms with Crippen molar-refractivity contribution in [1.29, 1.82) is 0 Å². The number of quaternary nitrogens is 1. The van der Waals surface area contributed by atoms with E-state index in [4.69, 9.17) is 0 Å². The van der Waals surface area contributed by atoms with E-state index in [-0.39, 0.29) is 0 Å². The van der Waals surface area contributed by atoms with Crippen LogP contribution in [0.5, 0.6) is 0 Å². The van der Waals surface area contributed by atoms with Gasteiger partial charge in [-0.3, -0.25) is 5.43 Å². The van der Waals surface area contributed by atoms with Crippen LogP contribution in [-0.2, 0) is 0 Å². The molecule has 0 aliphatic carbocycles. The Hall–Kier alpha value is -0.0151. The van der Waals surface area contributed by atoms with Crippen LogP contribution in [0, 0.1) is 0 Å². The lowest BCUT2D eigenvalue weighted by Gasteiger charge is -2.11. The fraction of sp³-hybridized carbons (Fsp3) is 1.00. The third kappa shape index (κ3) is 1.23. The van der Waals surface area contributed by atoms with E-state index in [0.717, 1.165) is 6.85 Å². The standard InChI is InChI=1S/C5H13BN2/c1-6(2)8-5-3-4-7-8/h7H,3-5H2,1-2H3/p+1. The molecule has 1 aliphatic rings. The van der Waals surface area contributed by atoms with Crippen molar-refractivity contribution in [1.82, 2.24) is 4.92 Å². The molecule has 0 atom stereocenters. The van der Waals surface area contributed by atoms with Gasteiger partial charge in [-0.05, 0) is 0 Å². The lowest BCUT2D eigenvalue weighted by atomic mass is 9.68. The number of hydrogen-bond acceptors (Lipinski definition) is 1. The summed E-state index contributed by atoms with van der Waals surface area (Å²) in [4.78, 5) is 2.40. The van der Waals surface area contributed by atoms with E-state index in [1.165, 1.54) is 19.5 Å². The van der Waals surface area contributed by atoms with Gasteiger partial charge in [0.05, 0.1) is 6.54 Å². The molecular weight excluding hydrogens is 98.9 g/mol. The molecule has 0 aromatic heterocycles. The summed E-state index contributed by atoms with van der Waals surface area (Å²) in [5.41, 5.74) is 2.31. The van der Waals surface area contributed by atoms with E-state index >= 15 is 0 Å². The highest BCUT2D eigenvalue weighted by Gasteiger charge is 2.19. The van der Waals surface area contributed by atoms with E-state index < -0.39 is 0 Å². The summed E-state index contributed by atoms with van der Waals surface area (Å²) in [6.45, 7) is 7.76. The molecule has 0 aromatic carbocycles. The largest absolute Gasteiger partial charge is 0.283 e. The Morgan fingerprint density at radius 1 is 1.50 bits per heavy atom. The third-order valence-electron chi connectivity index (χ3n) is 1.65. The van der Waals surface area contributed by atoms with Crippen LogP contribution in [0.1, 0.15) is 6.42 Å². The summed E-state index contributed by atoms with van der Waals surface area (Å²) >= 11 is 0. The second-order valence-electron chi connectivity index (χ2n) is 2.66. The van der Waals surface area contributed by atoms with E-state index in [1.54, 1.807) is 0 Å². The van der Waals surface area contributed by atoms with E-state index in [0.29, 0.717) is 0 Å². The van der Waals surface area contributed by atoms with Crippen molar-refractivity contribution in [3.8, 4) is 0 Å². The van der Waals surface area contributed by atoms with Gasteiger partial charge in [0.1, 0.15) is 0 Å². The van der Waals surface area contributed by atoms with Crippen LogP contribution in [-0.4, -0.2) is 24.9 Å². The summed E-state index contributed by atoms with van der Waals surface area (Å²) < 4.78 is 0. The zero-order valence-electron chi connectivity index (χ0n) is 5.72. The van der Waals surface area contributed by atoms with Crippen LogP contribution in [0.3, 0.4) is 0 Å². The van der Waals surface area contributed by atoms with E-state index in [2.05, 4.69) is 24.0 Å². The fourth-order valence-electron chi connectivity index (χ4n) is 1.09. The maximum Gasteiger partial charge on any atom is 0.283 e. The number of nitrogens with two attached hydrogens (primary N) is 1. The van der Waals surface area contributed by atoms with Crippen LogP contribution in [0.25, 0.3) is 0 Å². The second-order valence-corrected chi connectivity index (χ2v) is 2.66. The van der Waals surface area contributed by atoms with Gasteiger partial charge in [-0.1, -0.05) is 13.6 Å². The maximum absolute atomic E-state index is 2.40. The van der Waals surface area contributed by atoms with Gasteiger partial charge in [0.15, 0.2) is 0 Å². The lowest BCUT2D eigenvalue weighted by Crippen LogP contribution is -2.92. The zero-order valence-corrected chi connectivity index (χ0v) is 5.72. The predicted molar refractivity (Wildman–Crippen MR) is 35.6 cm³/mol. The van der Waals surface area contributed by atoms with Gasteiger partial charge >= 0.3 is 0 Å². The van der Waals surface area contributed by atoms with Crippen molar-refractivity contribution >= 4 is 6.85 Å². The van der Waals surface area contributed by atoms with Gasteiger partial charge in [0.2, 0.25) is 0 Å².